The van der Waals surface area contributed by atoms with E-state index in [4.69, 9.17) is 0 Å². The van der Waals surface area contributed by atoms with Crippen LogP contribution >= 0.6 is 22.7 Å². The molecule has 6 nitrogen and oxygen atoms in total. The van der Waals surface area contributed by atoms with Gasteiger partial charge in [-0.1, -0.05) is 23.5 Å². The molecule has 0 bridgehead atoms. The average Bonchev–Trinajstić information content (AvgIpc) is 3.30. The van der Waals surface area contributed by atoms with E-state index in [0.717, 1.165) is 28.1 Å². The van der Waals surface area contributed by atoms with Crippen molar-refractivity contribution in [1.29, 1.82) is 0 Å². The number of hydrogen-bond donors (Lipinski definition) is 2. The number of piperidine rings is 1. The van der Waals surface area contributed by atoms with Gasteiger partial charge in [0.25, 0.3) is 0 Å². The maximum Gasteiger partial charge on any atom is 0.322 e. The van der Waals surface area contributed by atoms with Crippen molar-refractivity contribution in [3.8, 4) is 0 Å². The third-order valence-corrected chi connectivity index (χ3v) is 6.09. The van der Waals surface area contributed by atoms with Crippen LogP contribution in [-0.4, -0.2) is 34.9 Å². The molecule has 1 atom stereocenters. The van der Waals surface area contributed by atoms with E-state index >= 15 is 0 Å². The number of thiophene rings is 1. The highest BCUT2D eigenvalue weighted by Gasteiger charge is 2.29. The number of likely N-dealkylation sites (tertiary alicyclic amines) is 1. The summed E-state index contributed by atoms with van der Waals surface area (Å²) < 4.78 is 1.04. The fraction of sp³-hybridized carbons (Fsp3) is 0.278. The maximum absolute atomic E-state index is 12.6. The summed E-state index contributed by atoms with van der Waals surface area (Å²) in [4.78, 5) is 31.2. The third kappa shape index (κ3) is 3.71. The molecule has 26 heavy (non-hydrogen) atoms. The number of thiazole rings is 1. The molecule has 3 amide bonds. The molecule has 2 aromatic heterocycles. The zero-order valence-electron chi connectivity index (χ0n) is 14.0. The van der Waals surface area contributed by atoms with Crippen LogP contribution < -0.4 is 10.6 Å². The second kappa shape index (κ2) is 7.43. The minimum atomic E-state index is -0.218. The summed E-state index contributed by atoms with van der Waals surface area (Å²) in [6, 6.07) is 11.4. The summed E-state index contributed by atoms with van der Waals surface area (Å²) in [5.74, 6) is -0.289. The number of carbonyl (C=O) groups excluding carboxylic acids is 2. The number of anilines is 2. The molecule has 4 rings (SSSR count). The van der Waals surface area contributed by atoms with Crippen LogP contribution in [0, 0.1) is 5.92 Å². The van der Waals surface area contributed by atoms with Gasteiger partial charge in [0.1, 0.15) is 0 Å². The van der Waals surface area contributed by atoms with Crippen molar-refractivity contribution in [1.82, 2.24) is 9.88 Å². The molecule has 1 saturated heterocycles. The van der Waals surface area contributed by atoms with E-state index in [1.54, 1.807) is 4.90 Å². The lowest BCUT2D eigenvalue weighted by Crippen LogP contribution is -2.45. The van der Waals surface area contributed by atoms with E-state index in [2.05, 4.69) is 15.6 Å². The smallest absolute Gasteiger partial charge is 0.322 e. The average molecular weight is 387 g/mol. The Morgan fingerprint density at radius 3 is 2.85 bits per heavy atom. The molecule has 3 heterocycles. The van der Waals surface area contributed by atoms with Crippen molar-refractivity contribution in [2.24, 2.45) is 5.92 Å². The Morgan fingerprint density at radius 2 is 2.04 bits per heavy atom. The normalized spacial score (nSPS) is 17.2. The standard InChI is InChI=1S/C18H18N4O2S2/c23-16(21-17-19-13-6-1-2-7-14(13)26-17)12-5-3-9-22(11-12)18(24)20-15-8-4-10-25-15/h1-2,4,6-8,10,12H,3,5,9,11H2,(H,20,24)(H,19,21,23)/t12-/m1/s1. The molecule has 0 spiro atoms. The molecule has 8 heteroatoms. The number of amides is 3. The Kier molecular flexibility index (Phi) is 4.85. The molecule has 0 saturated carbocycles. The van der Waals surface area contributed by atoms with E-state index < -0.39 is 0 Å². The molecule has 1 fully saturated rings. The first-order valence-electron chi connectivity index (χ1n) is 8.45. The number of nitrogens with zero attached hydrogens (tertiary/aromatic N) is 2. The Bertz CT molecular complexity index is 889. The highest BCUT2D eigenvalue weighted by molar-refractivity contribution is 7.22. The molecule has 2 N–H and O–H groups in total. The molecule has 0 unspecified atom stereocenters. The van der Waals surface area contributed by atoms with Crippen LogP contribution in [0.25, 0.3) is 10.2 Å². The van der Waals surface area contributed by atoms with Gasteiger partial charge < -0.3 is 10.2 Å². The number of nitrogens with one attached hydrogen (secondary N) is 2. The van der Waals surface area contributed by atoms with Crippen LogP contribution in [-0.2, 0) is 4.79 Å². The van der Waals surface area contributed by atoms with E-state index in [-0.39, 0.29) is 17.9 Å². The van der Waals surface area contributed by atoms with Gasteiger partial charge in [0.05, 0.1) is 21.1 Å². The first-order chi connectivity index (χ1) is 12.7. The number of aromatic nitrogens is 1. The van der Waals surface area contributed by atoms with Crippen LogP contribution in [0.15, 0.2) is 41.8 Å². The predicted molar refractivity (Wildman–Crippen MR) is 106 cm³/mol. The van der Waals surface area contributed by atoms with Gasteiger partial charge in [-0.25, -0.2) is 9.78 Å². The number of carbonyl (C=O) groups is 2. The third-order valence-electron chi connectivity index (χ3n) is 4.35. The lowest BCUT2D eigenvalue weighted by atomic mass is 9.97. The van der Waals surface area contributed by atoms with Gasteiger partial charge in [-0.2, -0.15) is 0 Å². The lowest BCUT2D eigenvalue weighted by molar-refractivity contribution is -0.121. The predicted octanol–water partition coefficient (Wildman–Crippen LogP) is 4.24. The largest absolute Gasteiger partial charge is 0.324 e. The summed E-state index contributed by atoms with van der Waals surface area (Å²) in [6.45, 7) is 1.09. The van der Waals surface area contributed by atoms with E-state index in [9.17, 15) is 9.59 Å². The zero-order valence-corrected chi connectivity index (χ0v) is 15.6. The SMILES string of the molecule is O=C(Nc1nc2ccccc2s1)[C@@H]1CCCN(C(=O)Nc2cccs2)C1. The fourth-order valence-corrected chi connectivity index (χ4v) is 4.52. The quantitative estimate of drug-likeness (QED) is 0.707. The second-order valence-corrected chi connectivity index (χ2v) is 8.15. The number of hydrogen-bond acceptors (Lipinski definition) is 5. The van der Waals surface area contributed by atoms with E-state index in [1.807, 2.05) is 41.8 Å². The number of fused-ring (bicyclic) bond motifs is 1. The molecule has 1 aliphatic rings. The number of benzene rings is 1. The van der Waals surface area contributed by atoms with Gasteiger partial charge in [0.15, 0.2) is 5.13 Å². The Labute approximate surface area is 158 Å². The van der Waals surface area contributed by atoms with Crippen molar-refractivity contribution in [3.63, 3.8) is 0 Å². The number of urea groups is 1. The number of rotatable bonds is 3. The van der Waals surface area contributed by atoms with Crippen molar-refractivity contribution >= 4 is 55.0 Å². The monoisotopic (exact) mass is 386 g/mol. The summed E-state index contributed by atoms with van der Waals surface area (Å²) in [5.41, 5.74) is 0.883. The minimum absolute atomic E-state index is 0.0716. The summed E-state index contributed by atoms with van der Waals surface area (Å²) in [6.07, 6.45) is 1.59. The van der Waals surface area contributed by atoms with Crippen molar-refractivity contribution in [3.05, 3.63) is 41.8 Å². The molecular weight excluding hydrogens is 368 g/mol. The second-order valence-electron chi connectivity index (χ2n) is 6.17. The Balaban J connectivity index is 1.38. The fourth-order valence-electron chi connectivity index (χ4n) is 3.04. The first kappa shape index (κ1) is 17.0. The van der Waals surface area contributed by atoms with Gasteiger partial charge in [0, 0.05) is 13.1 Å². The molecule has 1 aliphatic heterocycles. The first-order valence-corrected chi connectivity index (χ1v) is 10.1. The van der Waals surface area contributed by atoms with E-state index in [1.165, 1.54) is 22.7 Å². The summed E-state index contributed by atoms with van der Waals surface area (Å²) in [5, 5.41) is 9.14. The van der Waals surface area contributed by atoms with Crippen LogP contribution in [0.4, 0.5) is 14.9 Å². The van der Waals surface area contributed by atoms with Crippen LogP contribution in [0.5, 0.6) is 0 Å². The summed E-state index contributed by atoms with van der Waals surface area (Å²) in [7, 11) is 0. The zero-order chi connectivity index (χ0) is 17.9. The Morgan fingerprint density at radius 1 is 1.15 bits per heavy atom. The lowest BCUT2D eigenvalue weighted by Gasteiger charge is -2.31. The molecule has 0 aliphatic carbocycles. The van der Waals surface area contributed by atoms with Gasteiger partial charge in [-0.05, 0) is 42.5 Å². The molecule has 3 aromatic rings. The molecule has 0 radical (unpaired) electrons. The van der Waals surface area contributed by atoms with Gasteiger partial charge in [-0.3, -0.25) is 10.1 Å². The van der Waals surface area contributed by atoms with E-state index in [0.29, 0.717) is 18.2 Å². The highest BCUT2D eigenvalue weighted by atomic mass is 32.1. The minimum Gasteiger partial charge on any atom is -0.324 e. The Hall–Kier alpha value is -2.45. The van der Waals surface area contributed by atoms with Crippen LogP contribution in [0.1, 0.15) is 12.8 Å². The van der Waals surface area contributed by atoms with Crippen molar-refractivity contribution in [2.75, 3.05) is 23.7 Å². The van der Waals surface area contributed by atoms with Crippen LogP contribution in [0.3, 0.4) is 0 Å². The summed E-state index contributed by atoms with van der Waals surface area (Å²) >= 11 is 2.95. The maximum atomic E-state index is 12.6. The molecule has 1 aromatic carbocycles. The van der Waals surface area contributed by atoms with Crippen molar-refractivity contribution < 1.29 is 9.59 Å². The van der Waals surface area contributed by atoms with Crippen LogP contribution in [0.2, 0.25) is 0 Å². The highest BCUT2D eigenvalue weighted by Crippen LogP contribution is 2.27. The molecule has 134 valence electrons. The van der Waals surface area contributed by atoms with Crippen molar-refractivity contribution in [2.45, 2.75) is 12.8 Å². The number of para-hydroxylation sites is 1. The van der Waals surface area contributed by atoms with Gasteiger partial charge in [-0.15, -0.1) is 11.3 Å². The molecular formula is C18H18N4O2S2. The topological polar surface area (TPSA) is 74.3 Å². The van der Waals surface area contributed by atoms with Gasteiger partial charge >= 0.3 is 6.03 Å². The van der Waals surface area contributed by atoms with Gasteiger partial charge in [0.2, 0.25) is 5.91 Å².